The first kappa shape index (κ1) is 13.8. The molecule has 2 aromatic carbocycles. The number of fused-ring (bicyclic) bond motifs is 1. The van der Waals surface area contributed by atoms with E-state index in [9.17, 15) is 0 Å². The zero-order valence-corrected chi connectivity index (χ0v) is 13.6. The fraction of sp³-hybridized carbons (Fsp3) is 0.333. The van der Waals surface area contributed by atoms with Crippen molar-refractivity contribution in [3.63, 3.8) is 0 Å². The Balaban J connectivity index is 1.79. The topological polar surface area (TPSA) is 12.0 Å². The predicted molar refractivity (Wildman–Crippen MR) is 87.9 cm³/mol. The number of hydrogen-bond acceptors (Lipinski definition) is 1. The highest BCUT2D eigenvalue weighted by Crippen LogP contribution is 2.34. The van der Waals surface area contributed by atoms with E-state index in [1.807, 2.05) is 0 Å². The van der Waals surface area contributed by atoms with Crippen molar-refractivity contribution >= 4 is 15.9 Å². The van der Waals surface area contributed by atoms with E-state index in [1.165, 1.54) is 39.6 Å². The average Bonchev–Trinajstić information content (AvgIpc) is 2.81. The lowest BCUT2D eigenvalue weighted by Crippen LogP contribution is -2.23. The zero-order chi connectivity index (χ0) is 14.1. The van der Waals surface area contributed by atoms with Crippen LogP contribution in [0.1, 0.15) is 47.7 Å². The Morgan fingerprint density at radius 2 is 2.00 bits per heavy atom. The van der Waals surface area contributed by atoms with Crippen molar-refractivity contribution in [2.75, 3.05) is 0 Å². The lowest BCUT2D eigenvalue weighted by Gasteiger charge is -2.22. The molecule has 0 saturated heterocycles. The minimum absolute atomic E-state index is 0.385. The van der Waals surface area contributed by atoms with E-state index in [1.54, 1.807) is 0 Å². The molecule has 0 saturated carbocycles. The first-order valence-corrected chi connectivity index (χ1v) is 8.04. The summed E-state index contributed by atoms with van der Waals surface area (Å²) >= 11 is 3.56. The Morgan fingerprint density at radius 3 is 2.80 bits per heavy atom. The summed E-state index contributed by atoms with van der Waals surface area (Å²) in [6.07, 6.45) is 2.37. The molecule has 2 aromatic rings. The largest absolute Gasteiger partial charge is 0.303 e. The predicted octanol–water partition coefficient (Wildman–Crippen LogP) is 5.10. The van der Waals surface area contributed by atoms with Crippen molar-refractivity contribution in [3.8, 4) is 0 Å². The van der Waals surface area contributed by atoms with Gasteiger partial charge in [-0.3, -0.25) is 0 Å². The van der Waals surface area contributed by atoms with E-state index in [-0.39, 0.29) is 0 Å². The van der Waals surface area contributed by atoms with Gasteiger partial charge in [-0.15, -0.1) is 0 Å². The molecule has 0 radical (unpaired) electrons. The van der Waals surface area contributed by atoms with Crippen molar-refractivity contribution in [1.29, 1.82) is 0 Å². The van der Waals surface area contributed by atoms with Gasteiger partial charge >= 0.3 is 0 Å². The van der Waals surface area contributed by atoms with Crippen LogP contribution in [0.3, 0.4) is 0 Å². The number of hydrogen-bond donors (Lipinski definition) is 1. The molecular weight excluding hydrogens is 310 g/mol. The van der Waals surface area contributed by atoms with Crippen LogP contribution in [0.5, 0.6) is 0 Å². The quantitative estimate of drug-likeness (QED) is 0.826. The summed E-state index contributed by atoms with van der Waals surface area (Å²) in [4.78, 5) is 0. The average molecular weight is 330 g/mol. The third-order valence-electron chi connectivity index (χ3n) is 4.29. The molecule has 20 heavy (non-hydrogen) atoms. The second-order valence-electron chi connectivity index (χ2n) is 5.68. The van der Waals surface area contributed by atoms with Gasteiger partial charge in [0.05, 0.1) is 0 Å². The number of rotatable bonds is 3. The number of aryl methyl sites for hydroxylation is 2. The maximum atomic E-state index is 3.80. The first-order valence-electron chi connectivity index (χ1n) is 7.25. The molecule has 2 heteroatoms. The summed E-state index contributed by atoms with van der Waals surface area (Å²) < 4.78 is 1.18. The Kier molecular flexibility index (Phi) is 3.95. The Labute approximate surface area is 129 Å². The molecule has 1 N–H and O–H groups in total. The minimum atomic E-state index is 0.385. The number of nitrogens with one attached hydrogen (secondary N) is 1. The summed E-state index contributed by atoms with van der Waals surface area (Å²) in [7, 11) is 0. The van der Waals surface area contributed by atoms with E-state index >= 15 is 0 Å². The molecule has 2 atom stereocenters. The fourth-order valence-electron chi connectivity index (χ4n) is 3.22. The van der Waals surface area contributed by atoms with Gasteiger partial charge in [-0.05, 0) is 61.1 Å². The molecule has 1 aliphatic rings. The molecular formula is C18H20BrN. The van der Waals surface area contributed by atoms with Crippen LogP contribution in [0.2, 0.25) is 0 Å². The molecule has 0 amide bonds. The van der Waals surface area contributed by atoms with Crippen molar-refractivity contribution in [1.82, 2.24) is 5.32 Å². The first-order chi connectivity index (χ1) is 9.65. The van der Waals surface area contributed by atoms with Gasteiger partial charge in [0.2, 0.25) is 0 Å². The zero-order valence-electron chi connectivity index (χ0n) is 12.0. The molecule has 0 aromatic heterocycles. The summed E-state index contributed by atoms with van der Waals surface area (Å²) in [5.74, 6) is 0. The maximum Gasteiger partial charge on any atom is 0.0331 e. The van der Waals surface area contributed by atoms with E-state index in [2.05, 4.69) is 77.6 Å². The molecule has 104 valence electrons. The van der Waals surface area contributed by atoms with Gasteiger partial charge in [0.1, 0.15) is 0 Å². The minimum Gasteiger partial charge on any atom is -0.303 e. The summed E-state index contributed by atoms with van der Waals surface area (Å²) in [5, 5.41) is 3.80. The normalized spacial score (nSPS) is 18.9. The maximum absolute atomic E-state index is 3.80. The molecule has 1 aliphatic carbocycles. The van der Waals surface area contributed by atoms with Crippen LogP contribution in [-0.2, 0) is 6.42 Å². The van der Waals surface area contributed by atoms with E-state index in [0.717, 1.165) is 0 Å². The smallest absolute Gasteiger partial charge is 0.0331 e. The van der Waals surface area contributed by atoms with Crippen molar-refractivity contribution < 1.29 is 0 Å². The molecule has 3 rings (SSSR count). The van der Waals surface area contributed by atoms with Crippen molar-refractivity contribution in [2.45, 2.75) is 38.8 Å². The highest BCUT2D eigenvalue weighted by Gasteiger charge is 2.24. The molecule has 0 spiro atoms. The summed E-state index contributed by atoms with van der Waals surface area (Å²) in [6, 6.07) is 16.2. The third-order valence-corrected chi connectivity index (χ3v) is 4.78. The van der Waals surface area contributed by atoms with Gasteiger partial charge in [0.15, 0.2) is 0 Å². The van der Waals surface area contributed by atoms with Gasteiger partial charge in [0.25, 0.3) is 0 Å². The van der Waals surface area contributed by atoms with Gasteiger partial charge in [0, 0.05) is 16.6 Å². The second kappa shape index (κ2) is 5.71. The van der Waals surface area contributed by atoms with Gasteiger partial charge in [-0.25, -0.2) is 0 Å². The highest BCUT2D eigenvalue weighted by atomic mass is 79.9. The molecule has 0 heterocycles. The second-order valence-corrected chi connectivity index (χ2v) is 6.60. The lowest BCUT2D eigenvalue weighted by atomic mass is 10.0. The van der Waals surface area contributed by atoms with Crippen LogP contribution in [0.25, 0.3) is 0 Å². The summed E-state index contributed by atoms with van der Waals surface area (Å²) in [5.41, 5.74) is 5.71. The Morgan fingerprint density at radius 1 is 1.20 bits per heavy atom. The molecule has 0 bridgehead atoms. The lowest BCUT2D eigenvalue weighted by molar-refractivity contribution is 0.464. The van der Waals surface area contributed by atoms with E-state index in [4.69, 9.17) is 0 Å². The van der Waals surface area contributed by atoms with Crippen LogP contribution in [-0.4, -0.2) is 0 Å². The van der Waals surface area contributed by atoms with E-state index in [0.29, 0.717) is 12.1 Å². The standard InChI is InChI=1S/C18H20BrN/c1-12-5-3-4-6-16(12)13(2)20-18-10-7-14-11-15(19)8-9-17(14)18/h3-6,8-9,11,13,18,20H,7,10H2,1-2H3/t13-,18?/m1/s1. The highest BCUT2D eigenvalue weighted by molar-refractivity contribution is 9.10. The molecule has 0 aliphatic heterocycles. The van der Waals surface area contributed by atoms with Gasteiger partial charge < -0.3 is 5.32 Å². The summed E-state index contributed by atoms with van der Waals surface area (Å²) in [6.45, 7) is 4.45. The fourth-order valence-corrected chi connectivity index (χ4v) is 3.63. The number of halogens is 1. The van der Waals surface area contributed by atoms with Crippen molar-refractivity contribution in [2.24, 2.45) is 0 Å². The Hall–Kier alpha value is -1.12. The molecule has 0 fully saturated rings. The van der Waals surface area contributed by atoms with Crippen molar-refractivity contribution in [3.05, 3.63) is 69.2 Å². The molecule has 1 unspecified atom stereocenters. The van der Waals surface area contributed by atoms with Crippen LogP contribution < -0.4 is 5.32 Å². The van der Waals surface area contributed by atoms with Crippen LogP contribution in [0.4, 0.5) is 0 Å². The van der Waals surface area contributed by atoms with Gasteiger partial charge in [-0.1, -0.05) is 46.3 Å². The van der Waals surface area contributed by atoms with Gasteiger partial charge in [-0.2, -0.15) is 0 Å². The molecule has 1 nitrogen and oxygen atoms in total. The van der Waals surface area contributed by atoms with Crippen LogP contribution in [0, 0.1) is 6.92 Å². The Bertz CT molecular complexity index is 621. The monoisotopic (exact) mass is 329 g/mol. The SMILES string of the molecule is Cc1ccccc1[C@@H](C)NC1CCc2cc(Br)ccc21. The van der Waals surface area contributed by atoms with Crippen LogP contribution in [0.15, 0.2) is 46.9 Å². The number of benzene rings is 2. The third kappa shape index (κ3) is 2.68. The van der Waals surface area contributed by atoms with Crippen LogP contribution >= 0.6 is 15.9 Å². The van der Waals surface area contributed by atoms with E-state index < -0.39 is 0 Å².